The van der Waals surface area contributed by atoms with Crippen LogP contribution in [-0.4, -0.2) is 35.1 Å². The van der Waals surface area contributed by atoms with Crippen LogP contribution in [0.15, 0.2) is 24.4 Å². The molecule has 3 nitrogen and oxygen atoms in total. The lowest BCUT2D eigenvalue weighted by Crippen LogP contribution is -2.43. The van der Waals surface area contributed by atoms with Crippen LogP contribution >= 0.6 is 0 Å². The van der Waals surface area contributed by atoms with E-state index in [0.29, 0.717) is 0 Å². The van der Waals surface area contributed by atoms with Crippen LogP contribution in [0, 0.1) is 0 Å². The van der Waals surface area contributed by atoms with Crippen molar-refractivity contribution in [3.05, 3.63) is 30.1 Å². The number of nitrogens with one attached hydrogen (secondary N) is 1. The van der Waals surface area contributed by atoms with Gasteiger partial charge in [0.25, 0.3) is 0 Å². The number of piperazine rings is 1. The number of aromatic nitrogens is 1. The Morgan fingerprint density at radius 1 is 1.50 bits per heavy atom. The van der Waals surface area contributed by atoms with E-state index in [1.54, 1.807) is 0 Å². The lowest BCUT2D eigenvalue weighted by Gasteiger charge is -2.26. The van der Waals surface area contributed by atoms with Crippen LogP contribution in [0.2, 0.25) is 0 Å². The molecule has 2 saturated heterocycles. The Balaban J connectivity index is 1.69. The van der Waals surface area contributed by atoms with Crippen LogP contribution in [0.25, 0.3) is 0 Å². The molecule has 0 aliphatic carbocycles. The molecule has 2 bridgehead atoms. The van der Waals surface area contributed by atoms with E-state index in [1.165, 1.54) is 18.7 Å². The van der Waals surface area contributed by atoms with E-state index < -0.39 is 0 Å². The van der Waals surface area contributed by atoms with Crippen molar-refractivity contribution in [3.63, 3.8) is 0 Å². The zero-order chi connectivity index (χ0) is 9.38. The average molecular weight is 189 g/mol. The zero-order valence-electron chi connectivity index (χ0n) is 8.19. The zero-order valence-corrected chi connectivity index (χ0v) is 8.19. The summed E-state index contributed by atoms with van der Waals surface area (Å²) in [6.07, 6.45) is 3.20. The molecule has 2 unspecified atom stereocenters. The van der Waals surface area contributed by atoms with Crippen molar-refractivity contribution >= 4 is 0 Å². The summed E-state index contributed by atoms with van der Waals surface area (Å²) in [5, 5.41) is 3.51. The van der Waals surface area contributed by atoms with Crippen molar-refractivity contribution < 1.29 is 0 Å². The number of hydrogen-bond donors (Lipinski definition) is 1. The van der Waals surface area contributed by atoms with Crippen LogP contribution < -0.4 is 5.32 Å². The molecule has 14 heavy (non-hydrogen) atoms. The van der Waals surface area contributed by atoms with Gasteiger partial charge >= 0.3 is 0 Å². The average Bonchev–Trinajstić information content (AvgIpc) is 2.81. The molecule has 0 spiro atoms. The van der Waals surface area contributed by atoms with Crippen LogP contribution in [0.3, 0.4) is 0 Å². The highest BCUT2D eigenvalue weighted by Crippen LogP contribution is 2.24. The summed E-state index contributed by atoms with van der Waals surface area (Å²) in [6, 6.07) is 7.64. The number of pyridine rings is 1. The number of nitrogens with zero attached hydrogens (tertiary/aromatic N) is 2. The highest BCUT2D eigenvalue weighted by atomic mass is 15.3. The Hall–Kier alpha value is -0.930. The van der Waals surface area contributed by atoms with Gasteiger partial charge in [-0.1, -0.05) is 6.07 Å². The minimum atomic E-state index is 0.740. The quantitative estimate of drug-likeness (QED) is 0.739. The lowest BCUT2D eigenvalue weighted by molar-refractivity contribution is 0.215. The summed E-state index contributed by atoms with van der Waals surface area (Å²) >= 11 is 0. The molecular weight excluding hydrogens is 174 g/mol. The molecule has 2 aliphatic heterocycles. The first-order chi connectivity index (χ1) is 6.92. The van der Waals surface area contributed by atoms with E-state index in [-0.39, 0.29) is 0 Å². The van der Waals surface area contributed by atoms with Crippen LogP contribution in [-0.2, 0) is 6.54 Å². The van der Waals surface area contributed by atoms with Crippen molar-refractivity contribution in [2.75, 3.05) is 13.1 Å². The maximum Gasteiger partial charge on any atom is 0.0544 e. The van der Waals surface area contributed by atoms with Gasteiger partial charge in [-0.3, -0.25) is 9.88 Å². The predicted molar refractivity (Wildman–Crippen MR) is 54.8 cm³/mol. The van der Waals surface area contributed by atoms with E-state index in [4.69, 9.17) is 0 Å². The maximum absolute atomic E-state index is 4.36. The Kier molecular flexibility index (Phi) is 2.00. The highest BCUT2D eigenvalue weighted by Gasteiger charge is 2.37. The molecule has 1 aromatic rings. The van der Waals surface area contributed by atoms with Gasteiger partial charge in [0.1, 0.15) is 0 Å². The first-order valence-electron chi connectivity index (χ1n) is 5.29. The third-order valence-corrected chi connectivity index (χ3v) is 3.26. The fourth-order valence-corrected chi connectivity index (χ4v) is 2.54. The molecule has 0 aromatic carbocycles. The first kappa shape index (κ1) is 8.38. The van der Waals surface area contributed by atoms with Crippen LogP contribution in [0.5, 0.6) is 0 Å². The molecule has 3 heteroatoms. The molecule has 0 radical (unpaired) electrons. The van der Waals surface area contributed by atoms with E-state index in [0.717, 1.165) is 25.2 Å². The molecule has 74 valence electrons. The molecule has 2 aliphatic rings. The molecule has 0 amide bonds. The van der Waals surface area contributed by atoms with Gasteiger partial charge in [-0.05, 0) is 18.6 Å². The third-order valence-electron chi connectivity index (χ3n) is 3.26. The lowest BCUT2D eigenvalue weighted by atomic mass is 10.2. The minimum Gasteiger partial charge on any atom is -0.311 e. The molecule has 2 atom stereocenters. The largest absolute Gasteiger partial charge is 0.311 e. The summed E-state index contributed by atoms with van der Waals surface area (Å²) < 4.78 is 0. The maximum atomic E-state index is 4.36. The summed E-state index contributed by atoms with van der Waals surface area (Å²) in [5.41, 5.74) is 1.19. The number of fused-ring (bicyclic) bond motifs is 2. The summed E-state index contributed by atoms with van der Waals surface area (Å²) in [5.74, 6) is 0. The standard InChI is InChI=1S/C11H15N3/c1-2-4-12-9(3-1)7-14-8-10-5-11(14)6-13-10/h1-4,10-11,13H,5-8H2. The van der Waals surface area contributed by atoms with E-state index >= 15 is 0 Å². The SMILES string of the molecule is c1ccc(CN2CC3CC2CN3)nc1. The number of hydrogen-bond acceptors (Lipinski definition) is 3. The topological polar surface area (TPSA) is 28.2 Å². The predicted octanol–water partition coefficient (Wildman–Crippen LogP) is 0.628. The molecule has 3 heterocycles. The molecule has 2 fully saturated rings. The number of rotatable bonds is 2. The smallest absolute Gasteiger partial charge is 0.0544 e. The second-order valence-corrected chi connectivity index (χ2v) is 4.25. The second-order valence-electron chi connectivity index (χ2n) is 4.25. The Labute approximate surface area is 84.1 Å². The molecule has 0 saturated carbocycles. The summed E-state index contributed by atoms with van der Waals surface area (Å²) in [7, 11) is 0. The van der Waals surface area contributed by atoms with Gasteiger partial charge in [0, 0.05) is 37.9 Å². The molecular formula is C11H15N3. The van der Waals surface area contributed by atoms with Crippen molar-refractivity contribution in [2.45, 2.75) is 25.0 Å². The van der Waals surface area contributed by atoms with Gasteiger partial charge in [-0.2, -0.15) is 0 Å². The van der Waals surface area contributed by atoms with E-state index in [9.17, 15) is 0 Å². The fourth-order valence-electron chi connectivity index (χ4n) is 2.54. The van der Waals surface area contributed by atoms with Gasteiger partial charge in [0.2, 0.25) is 0 Å². The summed E-state index contributed by atoms with van der Waals surface area (Å²) in [6.45, 7) is 3.38. The van der Waals surface area contributed by atoms with Gasteiger partial charge in [-0.25, -0.2) is 0 Å². The molecule has 1 N–H and O–H groups in total. The van der Waals surface area contributed by atoms with Crippen molar-refractivity contribution in [3.8, 4) is 0 Å². The fraction of sp³-hybridized carbons (Fsp3) is 0.545. The van der Waals surface area contributed by atoms with Gasteiger partial charge in [-0.15, -0.1) is 0 Å². The van der Waals surface area contributed by atoms with Crippen LogP contribution in [0.1, 0.15) is 12.1 Å². The summed E-state index contributed by atoms with van der Waals surface area (Å²) in [4.78, 5) is 6.91. The molecule has 3 rings (SSSR count). The molecule has 1 aromatic heterocycles. The van der Waals surface area contributed by atoms with E-state index in [1.807, 2.05) is 12.3 Å². The van der Waals surface area contributed by atoms with Crippen LogP contribution in [0.4, 0.5) is 0 Å². The Morgan fingerprint density at radius 2 is 2.50 bits per heavy atom. The first-order valence-corrected chi connectivity index (χ1v) is 5.29. The third kappa shape index (κ3) is 1.42. The van der Waals surface area contributed by atoms with Gasteiger partial charge < -0.3 is 5.32 Å². The normalized spacial score (nSPS) is 31.1. The minimum absolute atomic E-state index is 0.740. The second kappa shape index (κ2) is 3.33. The highest BCUT2D eigenvalue weighted by molar-refractivity contribution is 5.06. The van der Waals surface area contributed by atoms with Crippen molar-refractivity contribution in [2.24, 2.45) is 0 Å². The van der Waals surface area contributed by atoms with Crippen molar-refractivity contribution in [1.29, 1.82) is 0 Å². The van der Waals surface area contributed by atoms with E-state index in [2.05, 4.69) is 27.3 Å². The number of likely N-dealkylation sites (tertiary alicyclic amines) is 1. The monoisotopic (exact) mass is 189 g/mol. The van der Waals surface area contributed by atoms with Gasteiger partial charge in [0.05, 0.1) is 5.69 Å². The Morgan fingerprint density at radius 3 is 3.14 bits per heavy atom. The Bertz CT molecular complexity index is 312. The van der Waals surface area contributed by atoms with Crippen molar-refractivity contribution in [1.82, 2.24) is 15.2 Å². The van der Waals surface area contributed by atoms with Gasteiger partial charge in [0.15, 0.2) is 0 Å².